The number of methoxy groups -OCH3 is 2. The number of aliphatic hydroxyl groups is 5. The second-order valence-corrected chi connectivity index (χ2v) is 9.41. The summed E-state index contributed by atoms with van der Waals surface area (Å²) in [4.78, 5) is 12.6. The number of aliphatic hydroxyl groups excluding tert-OH is 4. The molecule has 208 valence electrons. The predicted molar refractivity (Wildman–Crippen MR) is 129 cm³/mol. The first-order valence-electron chi connectivity index (χ1n) is 12.0. The van der Waals surface area contributed by atoms with Crippen LogP contribution in [0.1, 0.15) is 11.1 Å². The molecule has 6 N–H and O–H groups in total. The Morgan fingerprint density at radius 1 is 0.947 bits per heavy atom. The highest BCUT2D eigenvalue weighted by Crippen LogP contribution is 2.37. The highest BCUT2D eigenvalue weighted by atomic mass is 16.7. The van der Waals surface area contributed by atoms with Gasteiger partial charge in [0.1, 0.15) is 24.4 Å². The second-order valence-electron chi connectivity index (χ2n) is 9.41. The van der Waals surface area contributed by atoms with Gasteiger partial charge in [-0.25, -0.2) is 4.79 Å². The summed E-state index contributed by atoms with van der Waals surface area (Å²) in [6.45, 7) is -0.598. The zero-order chi connectivity index (χ0) is 27.6. The van der Waals surface area contributed by atoms with E-state index in [0.29, 0.717) is 11.1 Å². The molecule has 2 fully saturated rings. The van der Waals surface area contributed by atoms with E-state index in [0.717, 1.165) is 0 Å². The molecule has 0 aliphatic carbocycles. The molecule has 0 aromatic heterocycles. The van der Waals surface area contributed by atoms with Crippen molar-refractivity contribution in [2.45, 2.75) is 49.1 Å². The Morgan fingerprint density at radius 2 is 1.63 bits per heavy atom. The van der Waals surface area contributed by atoms with Crippen molar-refractivity contribution in [1.29, 1.82) is 0 Å². The minimum Gasteiger partial charge on any atom is -0.504 e. The zero-order valence-corrected chi connectivity index (χ0v) is 20.9. The van der Waals surface area contributed by atoms with Gasteiger partial charge in [-0.15, -0.1) is 0 Å². The first-order valence-corrected chi connectivity index (χ1v) is 12.0. The Hall–Kier alpha value is -3.13. The third-order valence-electron chi connectivity index (χ3n) is 6.96. The summed E-state index contributed by atoms with van der Waals surface area (Å²) in [6.07, 6.45) is -7.03. The molecule has 2 aromatic carbocycles. The molecule has 7 unspecified atom stereocenters. The van der Waals surface area contributed by atoms with Crippen LogP contribution < -0.4 is 14.2 Å². The van der Waals surface area contributed by atoms with Crippen LogP contribution in [-0.4, -0.2) is 100 Å². The molecule has 2 aromatic rings. The largest absolute Gasteiger partial charge is 0.504 e. The lowest BCUT2D eigenvalue weighted by Crippen LogP contribution is -2.60. The zero-order valence-electron chi connectivity index (χ0n) is 20.9. The number of aromatic hydroxyl groups is 1. The van der Waals surface area contributed by atoms with Crippen LogP contribution in [0.3, 0.4) is 0 Å². The molecule has 12 heteroatoms. The van der Waals surface area contributed by atoms with E-state index < -0.39 is 54.8 Å². The predicted octanol–water partition coefficient (Wildman–Crippen LogP) is -0.723. The van der Waals surface area contributed by atoms with Gasteiger partial charge in [0, 0.05) is 12.3 Å². The van der Waals surface area contributed by atoms with Crippen LogP contribution in [0.25, 0.3) is 0 Å². The Kier molecular flexibility index (Phi) is 8.31. The van der Waals surface area contributed by atoms with Crippen LogP contribution in [0.4, 0.5) is 0 Å². The second kappa shape index (κ2) is 11.3. The van der Waals surface area contributed by atoms with E-state index in [1.165, 1.54) is 26.4 Å². The normalized spacial score (nSPS) is 31.1. The summed E-state index contributed by atoms with van der Waals surface area (Å²) < 4.78 is 26.8. The van der Waals surface area contributed by atoms with E-state index in [1.54, 1.807) is 24.3 Å². The number of carbonyl (C=O) groups is 1. The molecular formula is C26H32O12. The summed E-state index contributed by atoms with van der Waals surface area (Å²) in [5.74, 6) is -0.788. The molecular weight excluding hydrogens is 504 g/mol. The average molecular weight is 537 g/mol. The molecule has 7 atom stereocenters. The van der Waals surface area contributed by atoms with Crippen molar-refractivity contribution in [3.63, 3.8) is 0 Å². The van der Waals surface area contributed by atoms with E-state index in [2.05, 4.69) is 0 Å². The highest BCUT2D eigenvalue weighted by molar-refractivity contribution is 5.82. The maximum absolute atomic E-state index is 12.6. The number of carbonyl (C=O) groups excluding carboxylic acids is 1. The van der Waals surface area contributed by atoms with E-state index in [-0.39, 0.29) is 42.4 Å². The van der Waals surface area contributed by atoms with E-state index in [1.807, 2.05) is 0 Å². The van der Waals surface area contributed by atoms with Gasteiger partial charge in [-0.1, -0.05) is 12.1 Å². The summed E-state index contributed by atoms with van der Waals surface area (Å²) in [5.41, 5.74) is -0.555. The maximum atomic E-state index is 12.6. The maximum Gasteiger partial charge on any atom is 0.338 e. The van der Waals surface area contributed by atoms with Gasteiger partial charge in [0.2, 0.25) is 6.29 Å². The molecule has 4 rings (SSSR count). The van der Waals surface area contributed by atoms with Crippen molar-refractivity contribution >= 4 is 5.97 Å². The molecule has 2 saturated heterocycles. The Morgan fingerprint density at radius 3 is 2.32 bits per heavy atom. The van der Waals surface area contributed by atoms with Gasteiger partial charge < -0.3 is 54.3 Å². The minimum absolute atomic E-state index is 0.00398. The molecule has 2 heterocycles. The van der Waals surface area contributed by atoms with Crippen molar-refractivity contribution in [3.8, 4) is 23.0 Å². The molecule has 2 aliphatic rings. The Balaban J connectivity index is 1.51. The van der Waals surface area contributed by atoms with Gasteiger partial charge >= 0.3 is 5.97 Å². The van der Waals surface area contributed by atoms with Crippen LogP contribution in [0.2, 0.25) is 0 Å². The van der Waals surface area contributed by atoms with Crippen LogP contribution in [0.5, 0.6) is 23.0 Å². The van der Waals surface area contributed by atoms with Crippen molar-refractivity contribution < 1.29 is 59.1 Å². The van der Waals surface area contributed by atoms with E-state index >= 15 is 0 Å². The number of hydrogen-bond donors (Lipinski definition) is 6. The Bertz CT molecular complexity index is 1140. The molecule has 38 heavy (non-hydrogen) atoms. The summed E-state index contributed by atoms with van der Waals surface area (Å²) in [7, 11) is 2.80. The fraction of sp³-hybridized carbons (Fsp3) is 0.500. The number of phenols is 1. The quantitative estimate of drug-likeness (QED) is 0.221. The smallest absolute Gasteiger partial charge is 0.338 e. The minimum atomic E-state index is -1.82. The number of cyclic esters (lactones) is 1. The molecule has 0 bridgehead atoms. The SMILES string of the molecule is COc1cc(CC2(O)C(=O)OCC2Cc2ccc(OC3OC(CO)C(O)C(O)C3O)c(OC)c2)ccc1O. The monoisotopic (exact) mass is 536 g/mol. The highest BCUT2D eigenvalue weighted by Gasteiger charge is 2.51. The fourth-order valence-electron chi connectivity index (χ4n) is 4.70. The number of benzene rings is 2. The summed E-state index contributed by atoms with van der Waals surface area (Å²) in [6, 6.07) is 9.40. The van der Waals surface area contributed by atoms with Crippen LogP contribution >= 0.6 is 0 Å². The number of phenolic OH excluding ortho intramolecular Hbond substituents is 1. The molecule has 2 aliphatic heterocycles. The van der Waals surface area contributed by atoms with Crippen molar-refractivity contribution in [2.75, 3.05) is 27.4 Å². The van der Waals surface area contributed by atoms with Gasteiger partial charge in [0.25, 0.3) is 0 Å². The number of rotatable bonds is 9. The Labute approximate surface area is 218 Å². The van der Waals surface area contributed by atoms with Gasteiger partial charge in [-0.3, -0.25) is 0 Å². The van der Waals surface area contributed by atoms with E-state index in [4.69, 9.17) is 23.7 Å². The van der Waals surface area contributed by atoms with E-state index in [9.17, 15) is 35.4 Å². The summed E-state index contributed by atoms with van der Waals surface area (Å²) >= 11 is 0. The first kappa shape index (κ1) is 27.9. The van der Waals surface area contributed by atoms with Gasteiger partial charge in [0.05, 0.1) is 27.4 Å². The molecule has 0 amide bonds. The number of hydrogen-bond acceptors (Lipinski definition) is 12. The third-order valence-corrected chi connectivity index (χ3v) is 6.96. The molecule has 12 nitrogen and oxygen atoms in total. The third kappa shape index (κ3) is 5.37. The van der Waals surface area contributed by atoms with Crippen molar-refractivity contribution in [1.82, 2.24) is 0 Å². The van der Waals surface area contributed by atoms with Crippen LogP contribution in [-0.2, 0) is 27.1 Å². The molecule has 0 radical (unpaired) electrons. The molecule has 0 spiro atoms. The average Bonchev–Trinajstić information content (AvgIpc) is 3.18. The lowest BCUT2D eigenvalue weighted by atomic mass is 9.81. The van der Waals surface area contributed by atoms with Gasteiger partial charge in [0.15, 0.2) is 28.6 Å². The fourth-order valence-corrected chi connectivity index (χ4v) is 4.70. The standard InChI is InChI=1S/C26H32O12/c1-34-18-9-14(3-5-16(18)28)10-26(33)15(12-36-25(26)32)7-13-4-6-17(19(8-13)35-2)37-24-23(31)22(30)21(29)20(11-27)38-24/h3-6,8-9,15,20-24,27-31,33H,7,10-12H2,1-2H3. The van der Waals surface area contributed by atoms with Gasteiger partial charge in [-0.05, 0) is 41.8 Å². The van der Waals surface area contributed by atoms with Crippen LogP contribution in [0.15, 0.2) is 36.4 Å². The lowest BCUT2D eigenvalue weighted by molar-refractivity contribution is -0.277. The number of ether oxygens (including phenoxy) is 5. The van der Waals surface area contributed by atoms with Gasteiger partial charge in [-0.2, -0.15) is 0 Å². The summed E-state index contributed by atoms with van der Waals surface area (Å²) in [5, 5.41) is 60.8. The topological polar surface area (TPSA) is 185 Å². The van der Waals surface area contributed by atoms with Crippen molar-refractivity contribution in [2.24, 2.45) is 5.92 Å². The first-order chi connectivity index (χ1) is 18.1. The number of esters is 1. The van der Waals surface area contributed by atoms with Crippen LogP contribution in [0, 0.1) is 5.92 Å². The lowest BCUT2D eigenvalue weighted by Gasteiger charge is -2.39. The molecule has 0 saturated carbocycles. The van der Waals surface area contributed by atoms with Crippen molar-refractivity contribution in [3.05, 3.63) is 47.5 Å².